The van der Waals surface area contributed by atoms with Crippen LogP contribution in [0, 0.1) is 12.8 Å². The number of rotatable bonds is 3. The monoisotopic (exact) mass is 275 g/mol. The molecule has 1 N–H and O–H groups in total. The van der Waals surface area contributed by atoms with Gasteiger partial charge in [0.05, 0.1) is 7.11 Å². The first-order valence-corrected chi connectivity index (χ1v) is 7.80. The summed E-state index contributed by atoms with van der Waals surface area (Å²) in [5, 5.41) is 3.45. The van der Waals surface area contributed by atoms with Gasteiger partial charge in [0.15, 0.2) is 0 Å². The van der Waals surface area contributed by atoms with E-state index in [-0.39, 0.29) is 5.41 Å². The van der Waals surface area contributed by atoms with Crippen molar-refractivity contribution in [1.82, 2.24) is 5.32 Å². The third-order valence-corrected chi connectivity index (χ3v) is 4.43. The Kier molecular flexibility index (Phi) is 4.74. The molecular formula is C18H29NO. The molecule has 0 bridgehead atoms. The zero-order valence-electron chi connectivity index (χ0n) is 13.7. The Hall–Kier alpha value is -1.02. The van der Waals surface area contributed by atoms with Crippen molar-refractivity contribution in [2.24, 2.45) is 5.92 Å². The van der Waals surface area contributed by atoms with E-state index in [0.29, 0.717) is 0 Å². The summed E-state index contributed by atoms with van der Waals surface area (Å²) in [5.41, 5.74) is 4.33. The molecule has 1 aromatic rings. The second-order valence-electron chi connectivity index (χ2n) is 7.13. The van der Waals surface area contributed by atoms with Crippen molar-refractivity contribution in [1.29, 1.82) is 0 Å². The maximum Gasteiger partial charge on any atom is 0.122 e. The van der Waals surface area contributed by atoms with Crippen molar-refractivity contribution in [3.05, 3.63) is 28.8 Å². The fraction of sp³-hybridized carbons (Fsp3) is 0.667. The Balaban J connectivity index is 2.28. The molecule has 0 aromatic heterocycles. The summed E-state index contributed by atoms with van der Waals surface area (Å²) in [7, 11) is 1.77. The van der Waals surface area contributed by atoms with Gasteiger partial charge in [0, 0.05) is 0 Å². The molecule has 0 amide bonds. The summed E-state index contributed by atoms with van der Waals surface area (Å²) in [4.78, 5) is 0. The predicted octanol–water partition coefficient (Wildman–Crippen LogP) is 3.84. The normalized spacial score (nSPS) is 17.2. The molecule has 20 heavy (non-hydrogen) atoms. The Morgan fingerprint density at radius 2 is 1.85 bits per heavy atom. The maximum atomic E-state index is 5.59. The van der Waals surface area contributed by atoms with Gasteiger partial charge in [0.2, 0.25) is 0 Å². The topological polar surface area (TPSA) is 21.3 Å². The lowest BCUT2D eigenvalue weighted by atomic mass is 9.82. The molecule has 1 saturated heterocycles. The van der Waals surface area contributed by atoms with Crippen LogP contribution < -0.4 is 10.1 Å². The Morgan fingerprint density at radius 1 is 1.20 bits per heavy atom. The van der Waals surface area contributed by atoms with E-state index in [1.807, 2.05) is 0 Å². The number of hydrogen-bond acceptors (Lipinski definition) is 2. The van der Waals surface area contributed by atoms with E-state index in [9.17, 15) is 0 Å². The van der Waals surface area contributed by atoms with Crippen molar-refractivity contribution < 1.29 is 4.74 Å². The minimum Gasteiger partial charge on any atom is -0.496 e. The number of benzene rings is 1. The van der Waals surface area contributed by atoms with Crippen molar-refractivity contribution >= 4 is 0 Å². The molecule has 1 aromatic carbocycles. The molecule has 2 rings (SSSR count). The molecule has 0 aliphatic carbocycles. The zero-order valence-corrected chi connectivity index (χ0v) is 13.7. The van der Waals surface area contributed by atoms with Crippen LogP contribution in [0.1, 0.15) is 50.3 Å². The summed E-state index contributed by atoms with van der Waals surface area (Å²) >= 11 is 0. The Bertz CT molecular complexity index is 453. The van der Waals surface area contributed by atoms with Crippen LogP contribution in [-0.4, -0.2) is 20.2 Å². The average Bonchev–Trinajstić information content (AvgIpc) is 2.40. The SMILES string of the molecule is COc1cc(C)c(CC2CCNCC2)cc1C(C)(C)C. The molecule has 0 radical (unpaired) electrons. The molecule has 0 unspecified atom stereocenters. The van der Waals surface area contributed by atoms with Gasteiger partial charge in [-0.3, -0.25) is 0 Å². The summed E-state index contributed by atoms with van der Waals surface area (Å²) in [6.45, 7) is 11.3. The van der Waals surface area contributed by atoms with E-state index in [1.165, 1.54) is 49.0 Å². The number of hydrogen-bond donors (Lipinski definition) is 1. The van der Waals surface area contributed by atoms with E-state index in [4.69, 9.17) is 4.74 Å². The van der Waals surface area contributed by atoms with Crippen molar-refractivity contribution in [2.75, 3.05) is 20.2 Å². The van der Waals surface area contributed by atoms with Gasteiger partial charge in [-0.25, -0.2) is 0 Å². The molecule has 2 heteroatoms. The molecule has 0 atom stereocenters. The molecule has 0 spiro atoms. The number of ether oxygens (including phenoxy) is 1. The smallest absolute Gasteiger partial charge is 0.122 e. The van der Waals surface area contributed by atoms with Crippen LogP contribution in [0.15, 0.2) is 12.1 Å². The molecule has 1 aliphatic heterocycles. The second-order valence-corrected chi connectivity index (χ2v) is 7.13. The summed E-state index contributed by atoms with van der Waals surface area (Å²) < 4.78 is 5.59. The van der Waals surface area contributed by atoms with Gasteiger partial charge in [-0.2, -0.15) is 0 Å². The first kappa shape index (κ1) is 15.4. The quantitative estimate of drug-likeness (QED) is 0.905. The van der Waals surface area contributed by atoms with Crippen molar-refractivity contribution in [2.45, 2.75) is 52.4 Å². The van der Waals surface area contributed by atoms with Crippen LogP contribution in [0.4, 0.5) is 0 Å². The second kappa shape index (κ2) is 6.17. The first-order chi connectivity index (χ1) is 9.41. The Labute approximate surface area is 123 Å². The lowest BCUT2D eigenvalue weighted by Gasteiger charge is -2.27. The minimum absolute atomic E-state index is 0.127. The molecular weight excluding hydrogens is 246 g/mol. The van der Waals surface area contributed by atoms with E-state index >= 15 is 0 Å². The standard InChI is InChI=1S/C18H29NO/c1-13-10-17(20-5)16(18(2,3)4)12-15(13)11-14-6-8-19-9-7-14/h10,12,14,19H,6-9,11H2,1-5H3. The fourth-order valence-corrected chi connectivity index (χ4v) is 3.10. The van der Waals surface area contributed by atoms with Gasteiger partial charge in [-0.05, 0) is 73.4 Å². The first-order valence-electron chi connectivity index (χ1n) is 7.80. The predicted molar refractivity (Wildman–Crippen MR) is 85.7 cm³/mol. The van der Waals surface area contributed by atoms with Crippen LogP contribution in [0.5, 0.6) is 5.75 Å². The lowest BCUT2D eigenvalue weighted by molar-refractivity contribution is 0.370. The van der Waals surface area contributed by atoms with Gasteiger partial charge >= 0.3 is 0 Å². The fourth-order valence-electron chi connectivity index (χ4n) is 3.10. The third kappa shape index (κ3) is 3.54. The van der Waals surface area contributed by atoms with Crippen molar-refractivity contribution in [3.63, 3.8) is 0 Å². The van der Waals surface area contributed by atoms with E-state index < -0.39 is 0 Å². The number of methoxy groups -OCH3 is 1. The van der Waals surface area contributed by atoms with Crippen LogP contribution in [0.2, 0.25) is 0 Å². The van der Waals surface area contributed by atoms with Gasteiger partial charge in [-0.15, -0.1) is 0 Å². The van der Waals surface area contributed by atoms with E-state index in [0.717, 1.165) is 11.7 Å². The summed E-state index contributed by atoms with van der Waals surface area (Å²) in [5.74, 6) is 1.86. The van der Waals surface area contributed by atoms with Crippen LogP contribution in [0.25, 0.3) is 0 Å². The van der Waals surface area contributed by atoms with Crippen LogP contribution >= 0.6 is 0 Å². The molecule has 2 nitrogen and oxygen atoms in total. The molecule has 112 valence electrons. The highest BCUT2D eigenvalue weighted by atomic mass is 16.5. The lowest BCUT2D eigenvalue weighted by Crippen LogP contribution is -2.28. The molecule has 1 fully saturated rings. The number of aryl methyl sites for hydroxylation is 1. The van der Waals surface area contributed by atoms with Gasteiger partial charge in [-0.1, -0.05) is 26.8 Å². The number of piperidine rings is 1. The highest BCUT2D eigenvalue weighted by Crippen LogP contribution is 2.34. The summed E-state index contributed by atoms with van der Waals surface area (Å²) in [6, 6.07) is 4.60. The number of nitrogens with one attached hydrogen (secondary N) is 1. The Morgan fingerprint density at radius 3 is 2.40 bits per heavy atom. The summed E-state index contributed by atoms with van der Waals surface area (Å²) in [6.07, 6.45) is 3.81. The van der Waals surface area contributed by atoms with E-state index in [1.54, 1.807) is 7.11 Å². The zero-order chi connectivity index (χ0) is 14.8. The van der Waals surface area contributed by atoms with Gasteiger partial charge < -0.3 is 10.1 Å². The van der Waals surface area contributed by atoms with Crippen molar-refractivity contribution in [3.8, 4) is 5.75 Å². The van der Waals surface area contributed by atoms with Gasteiger partial charge in [0.1, 0.15) is 5.75 Å². The average molecular weight is 275 g/mol. The minimum atomic E-state index is 0.127. The maximum absolute atomic E-state index is 5.59. The highest BCUT2D eigenvalue weighted by Gasteiger charge is 2.22. The van der Waals surface area contributed by atoms with Crippen LogP contribution in [-0.2, 0) is 11.8 Å². The molecule has 0 saturated carbocycles. The molecule has 1 aliphatic rings. The van der Waals surface area contributed by atoms with Gasteiger partial charge in [0.25, 0.3) is 0 Å². The van der Waals surface area contributed by atoms with E-state index in [2.05, 4.69) is 45.1 Å². The third-order valence-electron chi connectivity index (χ3n) is 4.43. The highest BCUT2D eigenvalue weighted by molar-refractivity contribution is 5.45. The largest absolute Gasteiger partial charge is 0.496 e. The van der Waals surface area contributed by atoms with Crippen LogP contribution in [0.3, 0.4) is 0 Å². The molecule has 1 heterocycles.